The lowest BCUT2D eigenvalue weighted by molar-refractivity contribution is -0.286. The minimum Gasteiger partial charge on any atom is -0.482 e. The van der Waals surface area contributed by atoms with Crippen LogP contribution in [-0.4, -0.2) is 40.0 Å². The fourth-order valence-electron chi connectivity index (χ4n) is 5.19. The van der Waals surface area contributed by atoms with Crippen LogP contribution in [0.15, 0.2) is 60.8 Å². The molecule has 1 aliphatic carbocycles. The first-order valence-corrected chi connectivity index (χ1v) is 13.6. The summed E-state index contributed by atoms with van der Waals surface area (Å²) >= 11 is 0. The van der Waals surface area contributed by atoms with Crippen LogP contribution in [-0.2, 0) is 23.9 Å². The molecule has 4 aromatic rings. The molecular weight excluding hydrogens is 607 g/mol. The number of nitrogens with zero attached hydrogens (tertiary/aromatic N) is 3. The number of halogens is 5. The molecular formula is C30H23F5N4O6. The zero-order chi connectivity index (χ0) is 31.9. The molecule has 234 valence electrons. The normalized spacial score (nSPS) is 16.5. The highest BCUT2D eigenvalue weighted by Crippen LogP contribution is 2.43. The highest BCUT2D eigenvalue weighted by molar-refractivity contribution is 5.94. The summed E-state index contributed by atoms with van der Waals surface area (Å²) in [6.45, 7) is -0.0562. The van der Waals surface area contributed by atoms with Crippen LogP contribution in [0.4, 0.5) is 22.0 Å². The van der Waals surface area contributed by atoms with E-state index < -0.39 is 36.1 Å². The van der Waals surface area contributed by atoms with Crippen molar-refractivity contribution < 1.29 is 50.5 Å². The van der Waals surface area contributed by atoms with E-state index in [1.54, 1.807) is 0 Å². The number of carbonyl (C=O) groups excluding carboxylic acids is 2. The molecule has 1 unspecified atom stereocenters. The SMILES string of the molecule is COC(=O)c1ccc(OC2CCCc3c(C(F)(F)F)nn(-c4cccc(C(=O)NCc5ccc6c(c5)OC(F)(F)O6)c4)c32)cn1. The summed E-state index contributed by atoms with van der Waals surface area (Å²) in [4.78, 5) is 28.8. The van der Waals surface area contributed by atoms with Gasteiger partial charge < -0.3 is 24.3 Å². The van der Waals surface area contributed by atoms with E-state index in [2.05, 4.69) is 29.6 Å². The topological polar surface area (TPSA) is 114 Å². The van der Waals surface area contributed by atoms with Gasteiger partial charge in [-0.15, -0.1) is 8.78 Å². The summed E-state index contributed by atoms with van der Waals surface area (Å²) < 4.78 is 89.6. The summed E-state index contributed by atoms with van der Waals surface area (Å²) in [5, 5.41) is 6.59. The molecule has 0 bridgehead atoms. The molecule has 1 N–H and O–H groups in total. The number of carbonyl (C=O) groups is 2. The van der Waals surface area contributed by atoms with Gasteiger partial charge in [0.05, 0.1) is 24.7 Å². The standard InChI is InChI=1S/C30H23F5N4O6/c1-42-28(41)21-10-9-19(15-36-21)43-23-7-3-6-20-25(23)39(38-26(20)29(31,32)33)18-5-2-4-17(13-18)27(40)37-14-16-8-11-22-24(12-16)45-30(34,35)44-22/h2,4-5,8-13,15,23H,3,6-7,14H2,1H3,(H,37,40). The molecule has 1 atom stereocenters. The Hall–Kier alpha value is -5.21. The Morgan fingerprint density at radius 1 is 1.09 bits per heavy atom. The van der Waals surface area contributed by atoms with E-state index >= 15 is 0 Å². The molecule has 0 fully saturated rings. The molecule has 15 heteroatoms. The second-order valence-electron chi connectivity index (χ2n) is 10.2. The minimum atomic E-state index is -4.75. The fourth-order valence-corrected chi connectivity index (χ4v) is 5.19. The van der Waals surface area contributed by atoms with Crippen molar-refractivity contribution in [2.24, 2.45) is 0 Å². The number of methoxy groups -OCH3 is 1. The number of rotatable bonds is 7. The molecule has 10 nitrogen and oxygen atoms in total. The van der Waals surface area contributed by atoms with E-state index in [0.29, 0.717) is 18.4 Å². The molecule has 6 rings (SSSR count). The van der Waals surface area contributed by atoms with Gasteiger partial charge in [0, 0.05) is 17.7 Å². The highest BCUT2D eigenvalue weighted by Gasteiger charge is 2.44. The fraction of sp³-hybridized carbons (Fsp3) is 0.267. The van der Waals surface area contributed by atoms with Crippen molar-refractivity contribution in [2.75, 3.05) is 7.11 Å². The number of nitrogens with one attached hydrogen (secondary N) is 1. The maximum Gasteiger partial charge on any atom is 0.586 e. The summed E-state index contributed by atoms with van der Waals surface area (Å²) in [6.07, 6.45) is -7.20. The van der Waals surface area contributed by atoms with Gasteiger partial charge >= 0.3 is 18.4 Å². The maximum atomic E-state index is 14.1. The lowest BCUT2D eigenvalue weighted by atomic mass is 9.93. The van der Waals surface area contributed by atoms with Gasteiger partial charge in [0.15, 0.2) is 17.2 Å². The third-order valence-electron chi connectivity index (χ3n) is 7.17. The molecule has 2 aromatic carbocycles. The predicted octanol–water partition coefficient (Wildman–Crippen LogP) is 5.78. The summed E-state index contributed by atoms with van der Waals surface area (Å²) in [7, 11) is 1.21. The van der Waals surface area contributed by atoms with Crippen molar-refractivity contribution in [3.8, 4) is 22.9 Å². The first-order valence-electron chi connectivity index (χ1n) is 13.6. The Labute approximate surface area is 251 Å². The smallest absolute Gasteiger partial charge is 0.482 e. The average Bonchev–Trinajstić information content (AvgIpc) is 3.57. The first-order chi connectivity index (χ1) is 21.4. The van der Waals surface area contributed by atoms with Crippen molar-refractivity contribution in [2.45, 2.75) is 44.4 Å². The predicted molar refractivity (Wildman–Crippen MR) is 144 cm³/mol. The maximum absolute atomic E-state index is 14.1. The van der Waals surface area contributed by atoms with Gasteiger partial charge in [-0.1, -0.05) is 12.1 Å². The van der Waals surface area contributed by atoms with Crippen molar-refractivity contribution in [1.82, 2.24) is 20.1 Å². The van der Waals surface area contributed by atoms with Crippen LogP contribution in [0.25, 0.3) is 5.69 Å². The molecule has 0 saturated heterocycles. The molecule has 1 amide bonds. The molecule has 1 aliphatic heterocycles. The number of alkyl halides is 5. The van der Waals surface area contributed by atoms with Gasteiger partial charge in [-0.05, 0) is 67.3 Å². The van der Waals surface area contributed by atoms with Crippen molar-refractivity contribution >= 4 is 11.9 Å². The lowest BCUT2D eigenvalue weighted by Gasteiger charge is -2.25. The van der Waals surface area contributed by atoms with Crippen molar-refractivity contribution in [3.05, 3.63) is 94.6 Å². The van der Waals surface area contributed by atoms with Crippen LogP contribution in [0, 0.1) is 0 Å². The molecule has 2 aromatic heterocycles. The number of fused-ring (bicyclic) bond motifs is 2. The van der Waals surface area contributed by atoms with Crippen LogP contribution in [0.2, 0.25) is 0 Å². The van der Waals surface area contributed by atoms with E-state index in [1.165, 1.54) is 67.9 Å². The Balaban J connectivity index is 1.26. The zero-order valence-corrected chi connectivity index (χ0v) is 23.4. The third kappa shape index (κ3) is 6.10. The number of pyridine rings is 1. The number of esters is 1. The number of aromatic nitrogens is 3. The van der Waals surface area contributed by atoms with Crippen LogP contribution < -0.4 is 19.5 Å². The zero-order valence-electron chi connectivity index (χ0n) is 23.4. The second-order valence-corrected chi connectivity index (χ2v) is 10.2. The third-order valence-corrected chi connectivity index (χ3v) is 7.17. The van der Waals surface area contributed by atoms with Gasteiger partial charge in [0.2, 0.25) is 0 Å². The van der Waals surface area contributed by atoms with Gasteiger partial charge in [0.25, 0.3) is 5.91 Å². The van der Waals surface area contributed by atoms with Crippen molar-refractivity contribution in [3.63, 3.8) is 0 Å². The number of amides is 1. The van der Waals surface area contributed by atoms with Crippen LogP contribution in [0.1, 0.15) is 62.3 Å². The van der Waals surface area contributed by atoms with E-state index in [9.17, 15) is 31.5 Å². The van der Waals surface area contributed by atoms with Gasteiger partial charge in [-0.2, -0.15) is 18.3 Å². The molecule has 0 saturated carbocycles. The van der Waals surface area contributed by atoms with E-state index in [1.807, 2.05) is 0 Å². The monoisotopic (exact) mass is 630 g/mol. The summed E-state index contributed by atoms with van der Waals surface area (Å²) in [5.41, 5.74) is -0.0872. The highest BCUT2D eigenvalue weighted by atomic mass is 19.4. The number of hydrogen-bond donors (Lipinski definition) is 1. The quantitative estimate of drug-likeness (QED) is 0.202. The lowest BCUT2D eigenvalue weighted by Crippen LogP contribution is -2.26. The Morgan fingerprint density at radius 3 is 2.62 bits per heavy atom. The van der Waals surface area contributed by atoms with Crippen LogP contribution in [0.5, 0.6) is 17.2 Å². The van der Waals surface area contributed by atoms with Gasteiger partial charge in [-0.25, -0.2) is 14.5 Å². The molecule has 0 radical (unpaired) electrons. The van der Waals surface area contributed by atoms with Crippen LogP contribution >= 0.6 is 0 Å². The minimum absolute atomic E-state index is 0.0128. The molecule has 0 spiro atoms. The van der Waals surface area contributed by atoms with Gasteiger partial charge in [0.1, 0.15) is 17.5 Å². The van der Waals surface area contributed by atoms with E-state index in [4.69, 9.17) is 4.74 Å². The Kier molecular flexibility index (Phi) is 7.54. The number of ether oxygens (including phenoxy) is 4. The van der Waals surface area contributed by atoms with E-state index in [0.717, 1.165) is 4.68 Å². The number of hydrogen-bond acceptors (Lipinski definition) is 8. The first kappa shape index (κ1) is 29.8. The average molecular weight is 631 g/mol. The molecule has 3 heterocycles. The molecule has 2 aliphatic rings. The summed E-state index contributed by atoms with van der Waals surface area (Å²) in [6, 6.07) is 12.8. The Morgan fingerprint density at radius 2 is 1.89 bits per heavy atom. The van der Waals surface area contributed by atoms with Crippen molar-refractivity contribution in [1.29, 1.82) is 0 Å². The van der Waals surface area contributed by atoms with Gasteiger partial charge in [-0.3, -0.25) is 4.79 Å². The summed E-state index contributed by atoms with van der Waals surface area (Å²) in [5.74, 6) is -1.31. The Bertz CT molecular complexity index is 1770. The van der Waals surface area contributed by atoms with E-state index in [-0.39, 0.29) is 58.4 Å². The second kappa shape index (κ2) is 11.4. The molecule has 45 heavy (non-hydrogen) atoms. The van der Waals surface area contributed by atoms with Crippen LogP contribution in [0.3, 0.4) is 0 Å². The number of benzene rings is 2. The largest absolute Gasteiger partial charge is 0.586 e.